The van der Waals surface area contributed by atoms with Gasteiger partial charge in [0.15, 0.2) is 5.13 Å². The number of aryl methyl sites for hydroxylation is 1. The standard InChI is InChI=1S/C16H19N3O4S/c1-10-13(3-5-23-10)15(21)19-16-18-12(9-24-16)6-14(20)17-7-11-2-4-22-8-11/h3,5,9,11H,2,4,6-8H2,1H3,(H,17,20)(H,18,19,21)/t11-/m1/s1. The molecule has 0 aliphatic carbocycles. The molecular formula is C16H19N3O4S. The second-order valence-electron chi connectivity index (χ2n) is 5.70. The zero-order chi connectivity index (χ0) is 16.9. The number of thiazole rings is 1. The lowest BCUT2D eigenvalue weighted by atomic mass is 10.1. The molecule has 1 aliphatic heterocycles. The number of ether oxygens (including phenoxy) is 1. The second kappa shape index (κ2) is 7.59. The fourth-order valence-electron chi connectivity index (χ4n) is 2.46. The van der Waals surface area contributed by atoms with Gasteiger partial charge in [0.2, 0.25) is 5.91 Å². The van der Waals surface area contributed by atoms with E-state index < -0.39 is 0 Å². The van der Waals surface area contributed by atoms with Gasteiger partial charge in [0.05, 0.1) is 30.5 Å². The molecule has 2 amide bonds. The fraction of sp³-hybridized carbons (Fsp3) is 0.438. The van der Waals surface area contributed by atoms with E-state index in [2.05, 4.69) is 15.6 Å². The van der Waals surface area contributed by atoms with Crippen LogP contribution in [0.1, 0.15) is 28.2 Å². The van der Waals surface area contributed by atoms with Crippen LogP contribution in [-0.2, 0) is 16.0 Å². The Morgan fingerprint density at radius 3 is 3.04 bits per heavy atom. The van der Waals surface area contributed by atoms with Gasteiger partial charge in [-0.1, -0.05) is 0 Å². The molecule has 2 N–H and O–H groups in total. The Bertz CT molecular complexity index is 718. The van der Waals surface area contributed by atoms with E-state index in [0.717, 1.165) is 13.0 Å². The maximum absolute atomic E-state index is 12.1. The van der Waals surface area contributed by atoms with Crippen LogP contribution in [-0.4, -0.2) is 36.6 Å². The largest absolute Gasteiger partial charge is 0.469 e. The monoisotopic (exact) mass is 349 g/mol. The third-order valence-electron chi connectivity index (χ3n) is 3.83. The molecule has 0 bridgehead atoms. The van der Waals surface area contributed by atoms with E-state index in [1.165, 1.54) is 17.6 Å². The topological polar surface area (TPSA) is 93.5 Å². The van der Waals surface area contributed by atoms with Gasteiger partial charge < -0.3 is 14.5 Å². The van der Waals surface area contributed by atoms with Gasteiger partial charge in [-0.15, -0.1) is 11.3 Å². The van der Waals surface area contributed by atoms with Crippen molar-refractivity contribution in [3.8, 4) is 0 Å². The lowest BCUT2D eigenvalue weighted by molar-refractivity contribution is -0.120. The summed E-state index contributed by atoms with van der Waals surface area (Å²) in [5.41, 5.74) is 1.11. The summed E-state index contributed by atoms with van der Waals surface area (Å²) in [7, 11) is 0. The van der Waals surface area contributed by atoms with Crippen molar-refractivity contribution in [3.63, 3.8) is 0 Å². The summed E-state index contributed by atoms with van der Waals surface area (Å²) in [6.45, 7) is 3.83. The number of hydrogen-bond donors (Lipinski definition) is 2. The Morgan fingerprint density at radius 2 is 2.33 bits per heavy atom. The van der Waals surface area contributed by atoms with Crippen molar-refractivity contribution in [2.75, 3.05) is 25.1 Å². The van der Waals surface area contributed by atoms with Crippen molar-refractivity contribution in [3.05, 3.63) is 34.7 Å². The van der Waals surface area contributed by atoms with E-state index in [4.69, 9.17) is 9.15 Å². The lowest BCUT2D eigenvalue weighted by Gasteiger charge is -2.08. The highest BCUT2D eigenvalue weighted by molar-refractivity contribution is 7.14. The van der Waals surface area contributed by atoms with Crippen LogP contribution in [0.15, 0.2) is 22.1 Å². The third kappa shape index (κ3) is 4.21. The number of furan rings is 1. The van der Waals surface area contributed by atoms with E-state index in [1.807, 2.05) is 0 Å². The van der Waals surface area contributed by atoms with E-state index in [9.17, 15) is 9.59 Å². The molecule has 1 fully saturated rings. The number of carbonyl (C=O) groups excluding carboxylic acids is 2. The van der Waals surface area contributed by atoms with Gasteiger partial charge in [-0.2, -0.15) is 0 Å². The smallest absolute Gasteiger partial charge is 0.260 e. The molecule has 3 rings (SSSR count). The molecule has 7 nitrogen and oxygen atoms in total. The summed E-state index contributed by atoms with van der Waals surface area (Å²) in [5, 5.41) is 7.85. The van der Waals surface area contributed by atoms with Crippen LogP contribution < -0.4 is 10.6 Å². The number of hydrogen-bond acceptors (Lipinski definition) is 6. The normalized spacial score (nSPS) is 17.0. The van der Waals surface area contributed by atoms with E-state index in [-0.39, 0.29) is 18.2 Å². The van der Waals surface area contributed by atoms with Gasteiger partial charge in [-0.25, -0.2) is 4.98 Å². The van der Waals surface area contributed by atoms with Gasteiger partial charge in [-0.05, 0) is 19.4 Å². The molecule has 1 aliphatic rings. The van der Waals surface area contributed by atoms with Crippen LogP contribution in [0.4, 0.5) is 5.13 Å². The molecule has 2 aromatic rings. The summed E-state index contributed by atoms with van der Waals surface area (Å²) in [6.07, 6.45) is 2.66. The minimum absolute atomic E-state index is 0.0734. The van der Waals surface area contributed by atoms with E-state index in [0.29, 0.717) is 41.2 Å². The fourth-order valence-corrected chi connectivity index (χ4v) is 3.17. The van der Waals surface area contributed by atoms with Crippen molar-refractivity contribution in [1.82, 2.24) is 10.3 Å². The number of aromatic nitrogens is 1. The molecule has 1 atom stereocenters. The Kier molecular flexibility index (Phi) is 5.27. The number of rotatable bonds is 6. The Balaban J connectivity index is 1.49. The minimum atomic E-state index is -0.271. The Morgan fingerprint density at radius 1 is 1.46 bits per heavy atom. The zero-order valence-corrected chi connectivity index (χ0v) is 14.1. The van der Waals surface area contributed by atoms with Crippen molar-refractivity contribution < 1.29 is 18.7 Å². The zero-order valence-electron chi connectivity index (χ0n) is 13.3. The minimum Gasteiger partial charge on any atom is -0.469 e. The molecule has 2 aromatic heterocycles. The molecule has 128 valence electrons. The average molecular weight is 349 g/mol. The first kappa shape index (κ1) is 16.7. The summed E-state index contributed by atoms with van der Waals surface area (Å²) in [4.78, 5) is 28.3. The van der Waals surface area contributed by atoms with Gasteiger partial charge in [-0.3, -0.25) is 14.9 Å². The Hall–Kier alpha value is -2.19. The summed E-state index contributed by atoms with van der Waals surface area (Å²) >= 11 is 1.29. The molecule has 24 heavy (non-hydrogen) atoms. The highest BCUT2D eigenvalue weighted by atomic mass is 32.1. The Labute approximate surface area is 143 Å². The first-order chi connectivity index (χ1) is 11.6. The molecule has 0 aromatic carbocycles. The van der Waals surface area contributed by atoms with Crippen molar-refractivity contribution in [2.45, 2.75) is 19.8 Å². The van der Waals surface area contributed by atoms with Gasteiger partial charge in [0, 0.05) is 24.4 Å². The van der Waals surface area contributed by atoms with Crippen LogP contribution in [0.2, 0.25) is 0 Å². The molecule has 8 heteroatoms. The van der Waals surface area contributed by atoms with Crippen LogP contribution in [0.3, 0.4) is 0 Å². The van der Waals surface area contributed by atoms with Crippen molar-refractivity contribution >= 4 is 28.3 Å². The average Bonchev–Trinajstić information content (AvgIpc) is 3.27. The van der Waals surface area contributed by atoms with E-state index in [1.54, 1.807) is 18.4 Å². The van der Waals surface area contributed by atoms with Crippen LogP contribution >= 0.6 is 11.3 Å². The van der Waals surface area contributed by atoms with Gasteiger partial charge in [0.1, 0.15) is 5.76 Å². The number of amides is 2. The summed E-state index contributed by atoms with van der Waals surface area (Å²) in [5.74, 6) is 0.612. The number of carbonyl (C=O) groups is 2. The maximum Gasteiger partial charge on any atom is 0.260 e. The summed E-state index contributed by atoms with van der Waals surface area (Å²) in [6, 6.07) is 1.61. The summed E-state index contributed by atoms with van der Waals surface area (Å²) < 4.78 is 10.4. The van der Waals surface area contributed by atoms with Gasteiger partial charge >= 0.3 is 0 Å². The molecule has 0 unspecified atom stereocenters. The van der Waals surface area contributed by atoms with Crippen molar-refractivity contribution in [2.24, 2.45) is 5.92 Å². The quantitative estimate of drug-likeness (QED) is 0.832. The highest BCUT2D eigenvalue weighted by Gasteiger charge is 2.17. The van der Waals surface area contributed by atoms with Crippen LogP contribution in [0.25, 0.3) is 0 Å². The van der Waals surface area contributed by atoms with Crippen LogP contribution in [0, 0.1) is 12.8 Å². The molecule has 3 heterocycles. The maximum atomic E-state index is 12.1. The number of nitrogens with one attached hydrogen (secondary N) is 2. The van der Waals surface area contributed by atoms with Gasteiger partial charge in [0.25, 0.3) is 5.91 Å². The molecule has 0 spiro atoms. The second-order valence-corrected chi connectivity index (χ2v) is 6.56. The van der Waals surface area contributed by atoms with Crippen LogP contribution in [0.5, 0.6) is 0 Å². The molecule has 1 saturated heterocycles. The first-order valence-corrected chi connectivity index (χ1v) is 8.64. The lowest BCUT2D eigenvalue weighted by Crippen LogP contribution is -2.30. The molecule has 0 radical (unpaired) electrons. The number of anilines is 1. The van der Waals surface area contributed by atoms with Crippen molar-refractivity contribution in [1.29, 1.82) is 0 Å². The predicted octanol–water partition coefficient (Wildman–Crippen LogP) is 1.99. The SMILES string of the molecule is Cc1occc1C(=O)Nc1nc(CC(=O)NC[C@H]2CCOC2)cs1. The first-order valence-electron chi connectivity index (χ1n) is 7.76. The third-order valence-corrected chi connectivity index (χ3v) is 4.64. The molecular weight excluding hydrogens is 330 g/mol. The number of nitrogens with zero attached hydrogens (tertiary/aromatic N) is 1. The predicted molar refractivity (Wildman–Crippen MR) is 89.2 cm³/mol. The van der Waals surface area contributed by atoms with E-state index >= 15 is 0 Å². The highest BCUT2D eigenvalue weighted by Crippen LogP contribution is 2.18. The molecule has 0 saturated carbocycles.